The molecule has 1 unspecified atom stereocenters. The maximum Gasteiger partial charge on any atom is 0.143 e. The quantitative estimate of drug-likeness (QED) is 0.426. The van der Waals surface area contributed by atoms with Crippen molar-refractivity contribution in [2.24, 2.45) is 0 Å². The van der Waals surface area contributed by atoms with Gasteiger partial charge in [-0.25, -0.2) is 4.98 Å². The van der Waals surface area contributed by atoms with Gasteiger partial charge in [-0.15, -0.1) is 11.3 Å². The number of rotatable bonds is 4. The first kappa shape index (κ1) is 16.6. The van der Waals surface area contributed by atoms with E-state index in [9.17, 15) is 8.76 Å². The molecule has 0 spiro atoms. The first-order chi connectivity index (χ1) is 11.1. The van der Waals surface area contributed by atoms with Crippen LogP contribution in [0, 0.1) is 0 Å². The molecule has 1 aromatic carbocycles. The van der Waals surface area contributed by atoms with E-state index < -0.39 is 11.3 Å². The minimum Gasteiger partial charge on any atom is -0.755 e. The van der Waals surface area contributed by atoms with Crippen molar-refractivity contribution in [3.05, 3.63) is 63.7 Å². The van der Waals surface area contributed by atoms with Gasteiger partial charge >= 0.3 is 0 Å². The zero-order valence-corrected chi connectivity index (χ0v) is 15.5. The Morgan fingerprint density at radius 3 is 2.61 bits per heavy atom. The molecule has 0 amide bonds. The van der Waals surface area contributed by atoms with Gasteiger partial charge < -0.3 is 4.55 Å². The third-order valence-electron chi connectivity index (χ3n) is 3.04. The van der Waals surface area contributed by atoms with E-state index >= 15 is 0 Å². The monoisotopic (exact) mass is 427 g/mol. The second-order valence-corrected chi connectivity index (χ2v) is 7.44. The van der Waals surface area contributed by atoms with Crippen LogP contribution >= 0.6 is 38.9 Å². The van der Waals surface area contributed by atoms with Crippen molar-refractivity contribution in [2.45, 2.75) is 0 Å². The van der Waals surface area contributed by atoms with Crippen molar-refractivity contribution in [3.8, 4) is 10.4 Å². The Kier molecular flexibility index (Phi) is 5.13. The largest absolute Gasteiger partial charge is 0.755 e. The number of thiophene rings is 1. The lowest BCUT2D eigenvalue weighted by molar-refractivity contribution is 0.537. The van der Waals surface area contributed by atoms with Crippen LogP contribution < -0.4 is 4.31 Å². The maximum absolute atomic E-state index is 11.7. The molecule has 0 fully saturated rings. The van der Waals surface area contributed by atoms with Crippen molar-refractivity contribution >= 4 is 61.5 Å². The summed E-state index contributed by atoms with van der Waals surface area (Å²) in [5.74, 6) is 0. The van der Waals surface area contributed by atoms with Crippen LogP contribution in [0.2, 0.25) is 5.15 Å². The van der Waals surface area contributed by atoms with Crippen LogP contribution in [0.1, 0.15) is 0 Å². The number of aromatic nitrogens is 1. The van der Waals surface area contributed by atoms with Crippen LogP contribution in [0.5, 0.6) is 0 Å². The van der Waals surface area contributed by atoms with Gasteiger partial charge in [0, 0.05) is 10.3 Å². The molecule has 0 aliphatic rings. The average Bonchev–Trinajstić information content (AvgIpc) is 3.01. The number of anilines is 2. The molecule has 0 saturated carbocycles. The fraction of sp³-hybridized carbons (Fsp3) is 0. The highest BCUT2D eigenvalue weighted by Crippen LogP contribution is 2.36. The summed E-state index contributed by atoms with van der Waals surface area (Å²) in [6.07, 6.45) is 1.42. The summed E-state index contributed by atoms with van der Waals surface area (Å²) in [5, 5.41) is 2.07. The van der Waals surface area contributed by atoms with Gasteiger partial charge in [-0.3, -0.25) is 8.51 Å². The van der Waals surface area contributed by atoms with E-state index in [0.717, 1.165) is 10.4 Å². The van der Waals surface area contributed by atoms with E-state index in [0.29, 0.717) is 15.8 Å². The second kappa shape index (κ2) is 7.11. The van der Waals surface area contributed by atoms with Gasteiger partial charge in [0.05, 0.1) is 33.3 Å². The van der Waals surface area contributed by atoms with Crippen molar-refractivity contribution in [1.82, 2.24) is 4.98 Å². The predicted octanol–water partition coefficient (Wildman–Crippen LogP) is 5.16. The Morgan fingerprint density at radius 1 is 1.22 bits per heavy atom. The minimum absolute atomic E-state index is 0.278. The third kappa shape index (κ3) is 3.64. The molecular formula is C15H9BrClN2O2S2-. The Labute approximate surface area is 153 Å². The molecule has 0 aliphatic carbocycles. The molecule has 0 N–H and O–H groups in total. The Balaban J connectivity index is 2.01. The molecule has 2 heterocycles. The Bertz CT molecular complexity index is 858. The van der Waals surface area contributed by atoms with Crippen molar-refractivity contribution < 1.29 is 8.76 Å². The number of benzene rings is 1. The first-order valence-corrected chi connectivity index (χ1v) is 9.49. The number of nitrogens with zero attached hydrogens (tertiary/aromatic N) is 2. The summed E-state index contributed by atoms with van der Waals surface area (Å²) in [6.45, 7) is 0. The summed E-state index contributed by atoms with van der Waals surface area (Å²) in [5.41, 5.74) is 2.00. The van der Waals surface area contributed by atoms with E-state index in [4.69, 9.17) is 11.6 Å². The van der Waals surface area contributed by atoms with Crippen LogP contribution in [0.15, 0.2) is 58.5 Å². The first-order valence-electron chi connectivity index (χ1n) is 6.41. The van der Waals surface area contributed by atoms with Gasteiger partial charge in [0.25, 0.3) is 0 Å². The molecule has 4 nitrogen and oxygen atoms in total. The smallest absolute Gasteiger partial charge is 0.143 e. The Morgan fingerprint density at radius 2 is 1.96 bits per heavy atom. The van der Waals surface area contributed by atoms with Gasteiger partial charge in [0.2, 0.25) is 0 Å². The number of hydrogen-bond acceptors (Lipinski definition) is 4. The predicted molar refractivity (Wildman–Crippen MR) is 97.8 cm³/mol. The number of halogens is 2. The lowest BCUT2D eigenvalue weighted by atomic mass is 10.2. The van der Waals surface area contributed by atoms with Crippen LogP contribution in [0.3, 0.4) is 0 Å². The summed E-state index contributed by atoms with van der Waals surface area (Å²) in [4.78, 5) is 4.96. The fourth-order valence-corrected chi connectivity index (χ4v) is 3.97. The molecule has 118 valence electrons. The average molecular weight is 429 g/mol. The number of pyridine rings is 1. The van der Waals surface area contributed by atoms with E-state index in [1.54, 1.807) is 11.4 Å². The summed E-state index contributed by atoms with van der Waals surface area (Å²) in [6, 6.07) is 13.2. The van der Waals surface area contributed by atoms with Crippen molar-refractivity contribution in [3.63, 3.8) is 0 Å². The zero-order chi connectivity index (χ0) is 16.4. The molecule has 0 radical (unpaired) electrons. The molecule has 23 heavy (non-hydrogen) atoms. The maximum atomic E-state index is 11.7. The van der Waals surface area contributed by atoms with Crippen molar-refractivity contribution in [2.75, 3.05) is 4.31 Å². The standard InChI is InChI=1S/C15H10BrClN2O2S2/c16-13-6-11(8-18-15(13)17)19(23(20)21)12-7-14(22-9-12)10-4-2-1-3-5-10/h1-9H,(H,20,21)/p-1. The Hall–Kier alpha value is -1.25. The molecule has 0 aliphatic heterocycles. The highest BCUT2D eigenvalue weighted by Gasteiger charge is 2.15. The molecular weight excluding hydrogens is 420 g/mol. The molecule has 0 saturated heterocycles. The summed E-state index contributed by atoms with van der Waals surface area (Å²) in [7, 11) is 0. The molecule has 0 bridgehead atoms. The molecule has 3 rings (SSSR count). The van der Waals surface area contributed by atoms with E-state index in [1.165, 1.54) is 21.8 Å². The molecule has 1 atom stereocenters. The topological polar surface area (TPSA) is 56.3 Å². The van der Waals surface area contributed by atoms with E-state index in [1.807, 2.05) is 36.4 Å². The molecule has 2 aromatic heterocycles. The van der Waals surface area contributed by atoms with Gasteiger partial charge in [-0.2, -0.15) is 0 Å². The normalized spacial score (nSPS) is 12.1. The summed E-state index contributed by atoms with van der Waals surface area (Å²) >= 11 is 8.13. The highest BCUT2D eigenvalue weighted by atomic mass is 79.9. The number of hydrogen-bond donors (Lipinski definition) is 0. The molecule has 3 aromatic rings. The van der Waals surface area contributed by atoms with Gasteiger partial charge in [-0.05, 0) is 33.6 Å². The van der Waals surface area contributed by atoms with Crippen LogP contribution in [0.25, 0.3) is 10.4 Å². The summed E-state index contributed by atoms with van der Waals surface area (Å²) < 4.78 is 25.1. The third-order valence-corrected chi connectivity index (χ3v) is 5.86. The molecule has 8 heteroatoms. The zero-order valence-electron chi connectivity index (χ0n) is 11.5. The van der Waals surface area contributed by atoms with Crippen molar-refractivity contribution in [1.29, 1.82) is 0 Å². The minimum atomic E-state index is -2.48. The van der Waals surface area contributed by atoms with Gasteiger partial charge in [0.15, 0.2) is 0 Å². The fourth-order valence-electron chi connectivity index (χ4n) is 2.03. The lowest BCUT2D eigenvalue weighted by Crippen LogP contribution is -2.19. The van der Waals surface area contributed by atoms with E-state index in [2.05, 4.69) is 20.9 Å². The van der Waals surface area contributed by atoms with Gasteiger partial charge in [0.1, 0.15) is 5.15 Å². The lowest BCUT2D eigenvalue weighted by Gasteiger charge is -2.25. The second-order valence-electron chi connectivity index (χ2n) is 4.51. The highest BCUT2D eigenvalue weighted by molar-refractivity contribution is 9.10. The SMILES string of the molecule is O=S([O-])N(c1csc(-c2ccccc2)c1)c1cnc(Cl)c(Br)c1. The van der Waals surface area contributed by atoms with Gasteiger partial charge in [-0.1, -0.05) is 41.9 Å². The van der Waals surface area contributed by atoms with Crippen LogP contribution in [0.4, 0.5) is 11.4 Å². The van der Waals surface area contributed by atoms with Crippen LogP contribution in [-0.2, 0) is 11.3 Å². The van der Waals surface area contributed by atoms with E-state index in [-0.39, 0.29) is 5.15 Å². The van der Waals surface area contributed by atoms with Crippen LogP contribution in [-0.4, -0.2) is 13.7 Å².